The van der Waals surface area contributed by atoms with Crippen LogP contribution < -0.4 is 0 Å². The van der Waals surface area contributed by atoms with Crippen molar-refractivity contribution in [3.63, 3.8) is 0 Å². The number of rotatable bonds is 5. The van der Waals surface area contributed by atoms with Gasteiger partial charge < -0.3 is 25.3 Å². The number of carboxylic acid groups (broad SMARTS) is 2. The Morgan fingerprint density at radius 3 is 1.69 bits per heavy atom. The molecule has 0 aromatic rings. The third-order valence-corrected chi connectivity index (χ3v) is 1.76. The Hall–Kier alpha value is -1.18. The van der Waals surface area contributed by atoms with Gasteiger partial charge in [-0.25, -0.2) is 9.59 Å². The summed E-state index contributed by atoms with van der Waals surface area (Å²) in [5.74, 6) is -3.65. The molecule has 16 heavy (non-hydrogen) atoms. The van der Waals surface area contributed by atoms with Crippen LogP contribution in [0.25, 0.3) is 0 Å². The van der Waals surface area contributed by atoms with E-state index in [2.05, 4.69) is 4.90 Å². The van der Waals surface area contributed by atoms with Crippen molar-refractivity contribution in [1.29, 1.82) is 0 Å². The lowest BCUT2D eigenvalue weighted by atomic mass is 10.3. The Labute approximate surface area is 93.9 Å². The Bertz CT molecular complexity index is 192. The molecule has 0 rings (SSSR count). The zero-order valence-electron chi connectivity index (χ0n) is 9.46. The summed E-state index contributed by atoms with van der Waals surface area (Å²) >= 11 is 0. The predicted molar refractivity (Wildman–Crippen MR) is 56.2 cm³/mol. The Morgan fingerprint density at radius 1 is 1.12 bits per heavy atom. The van der Waals surface area contributed by atoms with E-state index in [1.165, 1.54) is 0 Å². The molecule has 4 N–H and O–H groups in total. The van der Waals surface area contributed by atoms with E-state index in [4.69, 9.17) is 30.0 Å². The summed E-state index contributed by atoms with van der Waals surface area (Å²) in [5.41, 5.74) is 0. The number of carboxylic acids is 2. The number of hydrogen-bond donors (Lipinski definition) is 4. The van der Waals surface area contributed by atoms with Crippen molar-refractivity contribution < 1.29 is 30.0 Å². The zero-order valence-corrected chi connectivity index (χ0v) is 9.46. The minimum absolute atomic E-state index is 0.142. The van der Waals surface area contributed by atoms with E-state index >= 15 is 0 Å². The van der Waals surface area contributed by atoms with Gasteiger partial charge in [-0.1, -0.05) is 13.8 Å². The summed E-state index contributed by atoms with van der Waals surface area (Å²) < 4.78 is 0. The van der Waals surface area contributed by atoms with Crippen LogP contribution in [0.2, 0.25) is 0 Å². The maximum absolute atomic E-state index is 9.10. The minimum atomic E-state index is -1.82. The standard InChI is InChI=1S/C7H17NO2.C2H2O4/c1-3-8(4-2)5-7(10)6-9;3-1(4)2(5)6/h7,9-10H,3-6H2,1-2H3;(H,3,4)(H,5,6). The average molecular weight is 237 g/mol. The third kappa shape index (κ3) is 10.9. The van der Waals surface area contributed by atoms with Gasteiger partial charge in [0.2, 0.25) is 0 Å². The van der Waals surface area contributed by atoms with Gasteiger partial charge in [-0.3, -0.25) is 0 Å². The second-order valence-corrected chi connectivity index (χ2v) is 2.93. The molecule has 1 unspecified atom stereocenters. The molecule has 0 radical (unpaired) electrons. The summed E-state index contributed by atoms with van der Waals surface area (Å²) in [7, 11) is 0. The fraction of sp³-hybridized carbons (Fsp3) is 0.778. The molecule has 7 heteroatoms. The second kappa shape index (κ2) is 10.3. The SMILES string of the molecule is CCN(CC)CC(O)CO.O=C(O)C(=O)O. The molecule has 0 aromatic carbocycles. The molecule has 0 heterocycles. The van der Waals surface area contributed by atoms with Crippen LogP contribution in [0.1, 0.15) is 13.8 Å². The van der Waals surface area contributed by atoms with Crippen molar-refractivity contribution in [2.24, 2.45) is 0 Å². The Kier molecular flexibility index (Phi) is 11.1. The van der Waals surface area contributed by atoms with Gasteiger partial charge in [0, 0.05) is 6.54 Å². The normalized spacial score (nSPS) is 11.6. The van der Waals surface area contributed by atoms with Gasteiger partial charge in [-0.05, 0) is 13.1 Å². The first kappa shape index (κ1) is 17.2. The first-order valence-electron chi connectivity index (χ1n) is 4.86. The van der Waals surface area contributed by atoms with Crippen LogP contribution in [0, 0.1) is 0 Å². The van der Waals surface area contributed by atoms with E-state index in [9.17, 15) is 0 Å². The highest BCUT2D eigenvalue weighted by atomic mass is 16.4. The quantitative estimate of drug-likeness (QED) is 0.445. The predicted octanol–water partition coefficient (Wildman–Crippen LogP) is -1.16. The first-order valence-corrected chi connectivity index (χ1v) is 4.86. The summed E-state index contributed by atoms with van der Waals surface area (Å²) in [4.78, 5) is 20.3. The van der Waals surface area contributed by atoms with E-state index in [-0.39, 0.29) is 6.61 Å². The summed E-state index contributed by atoms with van der Waals surface area (Å²) in [6.45, 7) is 6.35. The van der Waals surface area contributed by atoms with E-state index < -0.39 is 18.0 Å². The number of likely N-dealkylation sites (N-methyl/N-ethyl adjacent to an activating group) is 1. The number of nitrogens with zero attached hydrogens (tertiary/aromatic N) is 1. The molecule has 0 saturated heterocycles. The number of carbonyl (C=O) groups is 2. The van der Waals surface area contributed by atoms with Gasteiger partial charge in [-0.15, -0.1) is 0 Å². The molecule has 0 aliphatic heterocycles. The molecule has 1 atom stereocenters. The largest absolute Gasteiger partial charge is 0.473 e. The number of aliphatic hydroxyl groups is 2. The van der Waals surface area contributed by atoms with Crippen molar-refractivity contribution in [2.45, 2.75) is 20.0 Å². The molecular formula is C9H19NO6. The Morgan fingerprint density at radius 2 is 1.50 bits per heavy atom. The number of aliphatic carboxylic acids is 2. The van der Waals surface area contributed by atoms with Crippen LogP contribution in [0.5, 0.6) is 0 Å². The first-order chi connectivity index (χ1) is 7.38. The van der Waals surface area contributed by atoms with Crippen LogP contribution in [0.15, 0.2) is 0 Å². The molecule has 96 valence electrons. The molecule has 0 aliphatic carbocycles. The highest BCUT2D eigenvalue weighted by Gasteiger charge is 2.06. The van der Waals surface area contributed by atoms with Gasteiger partial charge in [0.05, 0.1) is 12.7 Å². The highest BCUT2D eigenvalue weighted by molar-refractivity contribution is 6.27. The molecule has 0 amide bonds. The lowest BCUT2D eigenvalue weighted by molar-refractivity contribution is -0.159. The smallest absolute Gasteiger partial charge is 0.414 e. The lowest BCUT2D eigenvalue weighted by Crippen LogP contribution is -2.33. The fourth-order valence-electron chi connectivity index (χ4n) is 0.838. The van der Waals surface area contributed by atoms with Gasteiger partial charge in [-0.2, -0.15) is 0 Å². The highest BCUT2D eigenvalue weighted by Crippen LogP contribution is 1.90. The molecular weight excluding hydrogens is 218 g/mol. The molecule has 0 saturated carbocycles. The Balaban J connectivity index is 0. The summed E-state index contributed by atoms with van der Waals surface area (Å²) in [5, 5.41) is 32.3. The maximum Gasteiger partial charge on any atom is 0.414 e. The molecule has 0 bridgehead atoms. The topological polar surface area (TPSA) is 118 Å². The van der Waals surface area contributed by atoms with Crippen molar-refractivity contribution >= 4 is 11.9 Å². The van der Waals surface area contributed by atoms with Gasteiger partial charge >= 0.3 is 11.9 Å². The van der Waals surface area contributed by atoms with Crippen molar-refractivity contribution in [3.8, 4) is 0 Å². The van der Waals surface area contributed by atoms with E-state index in [0.717, 1.165) is 13.1 Å². The van der Waals surface area contributed by atoms with E-state index in [1.807, 2.05) is 13.8 Å². The van der Waals surface area contributed by atoms with Gasteiger partial charge in [0.25, 0.3) is 0 Å². The zero-order chi connectivity index (χ0) is 13.1. The third-order valence-electron chi connectivity index (χ3n) is 1.76. The summed E-state index contributed by atoms with van der Waals surface area (Å²) in [6.07, 6.45) is -0.583. The van der Waals surface area contributed by atoms with Crippen LogP contribution in [0.4, 0.5) is 0 Å². The van der Waals surface area contributed by atoms with Crippen molar-refractivity contribution in [2.75, 3.05) is 26.2 Å². The minimum Gasteiger partial charge on any atom is -0.473 e. The van der Waals surface area contributed by atoms with Crippen LogP contribution >= 0.6 is 0 Å². The fourth-order valence-corrected chi connectivity index (χ4v) is 0.838. The van der Waals surface area contributed by atoms with Crippen molar-refractivity contribution in [1.82, 2.24) is 4.90 Å². The maximum atomic E-state index is 9.10. The number of aliphatic hydroxyl groups excluding tert-OH is 2. The number of hydrogen-bond acceptors (Lipinski definition) is 5. The van der Waals surface area contributed by atoms with Crippen molar-refractivity contribution in [3.05, 3.63) is 0 Å². The monoisotopic (exact) mass is 237 g/mol. The average Bonchev–Trinajstić information content (AvgIpc) is 2.26. The van der Waals surface area contributed by atoms with Gasteiger partial charge in [0.1, 0.15) is 0 Å². The van der Waals surface area contributed by atoms with E-state index in [0.29, 0.717) is 6.54 Å². The molecule has 7 nitrogen and oxygen atoms in total. The molecule has 0 aromatic heterocycles. The van der Waals surface area contributed by atoms with Crippen LogP contribution in [0.3, 0.4) is 0 Å². The van der Waals surface area contributed by atoms with E-state index in [1.54, 1.807) is 0 Å². The lowest BCUT2D eigenvalue weighted by Gasteiger charge is -2.20. The van der Waals surface area contributed by atoms with Gasteiger partial charge in [0.15, 0.2) is 0 Å². The van der Waals surface area contributed by atoms with Crippen LogP contribution in [-0.2, 0) is 9.59 Å². The molecule has 0 aliphatic rings. The second-order valence-electron chi connectivity index (χ2n) is 2.93. The van der Waals surface area contributed by atoms with Crippen LogP contribution in [-0.4, -0.2) is 69.6 Å². The summed E-state index contributed by atoms with van der Waals surface area (Å²) in [6, 6.07) is 0. The molecule has 0 spiro atoms. The molecule has 0 fully saturated rings.